The molecule has 1 aromatic carbocycles. The first-order chi connectivity index (χ1) is 9.08. The molecule has 0 fully saturated rings. The SMILES string of the molecule is O=S(=O)(NCCCn1ccnc1)c1cccc(Br)c1. The van der Waals surface area contributed by atoms with Crippen LogP contribution in [0.2, 0.25) is 0 Å². The van der Waals surface area contributed by atoms with Crippen LogP contribution in [0.4, 0.5) is 0 Å². The maximum atomic E-state index is 12.0. The summed E-state index contributed by atoms with van der Waals surface area (Å²) in [5.41, 5.74) is 0. The molecular formula is C12H14BrN3O2S. The van der Waals surface area contributed by atoms with E-state index in [1.165, 1.54) is 0 Å². The molecule has 0 bridgehead atoms. The van der Waals surface area contributed by atoms with Crippen molar-refractivity contribution in [2.75, 3.05) is 6.54 Å². The molecule has 0 aliphatic heterocycles. The zero-order chi connectivity index (χ0) is 13.7. The molecule has 19 heavy (non-hydrogen) atoms. The van der Waals surface area contributed by atoms with Gasteiger partial charge in [0.05, 0.1) is 11.2 Å². The minimum absolute atomic E-state index is 0.268. The third-order valence-corrected chi connectivity index (χ3v) is 4.50. The van der Waals surface area contributed by atoms with Gasteiger partial charge in [0.2, 0.25) is 10.0 Å². The summed E-state index contributed by atoms with van der Waals surface area (Å²) in [6.45, 7) is 1.13. The predicted octanol–water partition coefficient (Wildman–Crippen LogP) is 2.01. The van der Waals surface area contributed by atoms with E-state index in [1.54, 1.807) is 36.8 Å². The summed E-state index contributed by atoms with van der Waals surface area (Å²) in [7, 11) is -3.43. The zero-order valence-corrected chi connectivity index (χ0v) is 12.6. The van der Waals surface area contributed by atoms with Crippen molar-refractivity contribution in [1.29, 1.82) is 0 Å². The fourth-order valence-electron chi connectivity index (χ4n) is 1.60. The Morgan fingerprint density at radius 1 is 1.37 bits per heavy atom. The minimum Gasteiger partial charge on any atom is -0.337 e. The van der Waals surface area contributed by atoms with E-state index < -0.39 is 10.0 Å². The number of halogens is 1. The van der Waals surface area contributed by atoms with E-state index in [1.807, 2.05) is 10.8 Å². The van der Waals surface area contributed by atoms with Gasteiger partial charge in [-0.05, 0) is 24.6 Å². The number of rotatable bonds is 6. The number of aromatic nitrogens is 2. The number of nitrogens with zero attached hydrogens (tertiary/aromatic N) is 2. The van der Waals surface area contributed by atoms with Crippen LogP contribution in [0.5, 0.6) is 0 Å². The van der Waals surface area contributed by atoms with Crippen LogP contribution in [0.1, 0.15) is 6.42 Å². The highest BCUT2D eigenvalue weighted by Crippen LogP contribution is 2.15. The third-order valence-electron chi connectivity index (χ3n) is 2.55. The lowest BCUT2D eigenvalue weighted by atomic mass is 10.4. The smallest absolute Gasteiger partial charge is 0.240 e. The number of imidazole rings is 1. The molecule has 0 atom stereocenters. The molecular weight excluding hydrogens is 330 g/mol. The number of hydrogen-bond acceptors (Lipinski definition) is 3. The molecule has 0 aliphatic rings. The van der Waals surface area contributed by atoms with Gasteiger partial charge in [-0.15, -0.1) is 0 Å². The molecule has 0 spiro atoms. The number of benzene rings is 1. The van der Waals surface area contributed by atoms with Gasteiger partial charge in [0.1, 0.15) is 0 Å². The van der Waals surface area contributed by atoms with Gasteiger partial charge < -0.3 is 4.57 Å². The van der Waals surface area contributed by atoms with Gasteiger partial charge in [-0.1, -0.05) is 22.0 Å². The summed E-state index contributed by atoms with van der Waals surface area (Å²) < 4.78 is 29.2. The fraction of sp³-hybridized carbons (Fsp3) is 0.250. The summed E-state index contributed by atoms with van der Waals surface area (Å²) in [6.07, 6.45) is 5.97. The molecule has 2 aromatic rings. The van der Waals surface area contributed by atoms with Gasteiger partial charge in [0.25, 0.3) is 0 Å². The molecule has 1 aromatic heterocycles. The second kappa shape index (κ2) is 6.31. The van der Waals surface area contributed by atoms with Gasteiger partial charge >= 0.3 is 0 Å². The first-order valence-corrected chi connectivity index (χ1v) is 8.06. The van der Waals surface area contributed by atoms with E-state index in [-0.39, 0.29) is 4.90 Å². The van der Waals surface area contributed by atoms with Crippen molar-refractivity contribution < 1.29 is 8.42 Å². The molecule has 7 heteroatoms. The van der Waals surface area contributed by atoms with Crippen molar-refractivity contribution in [3.05, 3.63) is 47.5 Å². The minimum atomic E-state index is -3.43. The van der Waals surface area contributed by atoms with Crippen molar-refractivity contribution in [3.63, 3.8) is 0 Å². The van der Waals surface area contributed by atoms with Crippen molar-refractivity contribution in [3.8, 4) is 0 Å². The molecule has 0 radical (unpaired) electrons. The maximum absolute atomic E-state index is 12.0. The molecule has 5 nitrogen and oxygen atoms in total. The molecule has 1 heterocycles. The van der Waals surface area contributed by atoms with Crippen LogP contribution in [-0.2, 0) is 16.6 Å². The highest BCUT2D eigenvalue weighted by molar-refractivity contribution is 9.10. The molecule has 2 rings (SSSR count). The second-order valence-corrected chi connectivity index (χ2v) is 6.69. The Bertz CT molecular complexity index is 626. The second-order valence-electron chi connectivity index (χ2n) is 4.01. The standard InChI is InChI=1S/C12H14BrN3O2S/c13-11-3-1-4-12(9-11)19(17,18)15-5-2-7-16-8-6-14-10-16/h1,3-4,6,8-10,15H,2,5,7H2. The number of nitrogens with one attached hydrogen (secondary N) is 1. The highest BCUT2D eigenvalue weighted by Gasteiger charge is 2.12. The van der Waals surface area contributed by atoms with Gasteiger partial charge in [0, 0.05) is 30.0 Å². The van der Waals surface area contributed by atoms with Gasteiger partial charge in [0.15, 0.2) is 0 Å². The molecule has 1 N–H and O–H groups in total. The fourth-order valence-corrected chi connectivity index (χ4v) is 3.27. The van der Waals surface area contributed by atoms with Crippen molar-refractivity contribution in [2.24, 2.45) is 0 Å². The highest BCUT2D eigenvalue weighted by atomic mass is 79.9. The average Bonchev–Trinajstić information content (AvgIpc) is 2.88. The van der Waals surface area contributed by atoms with E-state index in [0.717, 1.165) is 11.0 Å². The van der Waals surface area contributed by atoms with Crippen LogP contribution in [0.3, 0.4) is 0 Å². The molecule has 0 aliphatic carbocycles. The Kier molecular flexibility index (Phi) is 4.73. The Balaban J connectivity index is 1.88. The first-order valence-electron chi connectivity index (χ1n) is 5.79. The normalized spacial score (nSPS) is 11.6. The summed E-state index contributed by atoms with van der Waals surface area (Å²) >= 11 is 3.26. The van der Waals surface area contributed by atoms with Crippen LogP contribution >= 0.6 is 15.9 Å². The molecule has 0 saturated carbocycles. The zero-order valence-electron chi connectivity index (χ0n) is 10.2. The van der Waals surface area contributed by atoms with E-state index >= 15 is 0 Å². The predicted molar refractivity (Wildman–Crippen MR) is 76.2 cm³/mol. The first kappa shape index (κ1) is 14.2. The van der Waals surface area contributed by atoms with Gasteiger partial charge in [-0.25, -0.2) is 18.1 Å². The summed E-state index contributed by atoms with van der Waals surface area (Å²) in [4.78, 5) is 4.19. The summed E-state index contributed by atoms with van der Waals surface area (Å²) in [5.74, 6) is 0. The lowest BCUT2D eigenvalue weighted by Crippen LogP contribution is -2.25. The Labute approximate surface area is 120 Å². The van der Waals surface area contributed by atoms with Crippen molar-refractivity contribution >= 4 is 26.0 Å². The van der Waals surface area contributed by atoms with E-state index in [4.69, 9.17) is 0 Å². The van der Waals surface area contributed by atoms with Crippen LogP contribution in [-0.4, -0.2) is 24.5 Å². The van der Waals surface area contributed by atoms with Crippen LogP contribution in [0.15, 0.2) is 52.4 Å². The average molecular weight is 344 g/mol. The monoisotopic (exact) mass is 343 g/mol. The van der Waals surface area contributed by atoms with E-state index in [2.05, 4.69) is 25.6 Å². The maximum Gasteiger partial charge on any atom is 0.240 e. The third kappa shape index (κ3) is 4.15. The number of aryl methyl sites for hydroxylation is 1. The Morgan fingerprint density at radius 2 is 2.21 bits per heavy atom. The lowest BCUT2D eigenvalue weighted by Gasteiger charge is -2.07. The van der Waals surface area contributed by atoms with Crippen LogP contribution in [0, 0.1) is 0 Å². The molecule has 0 saturated heterocycles. The number of sulfonamides is 1. The Hall–Kier alpha value is -1.18. The molecule has 0 amide bonds. The Morgan fingerprint density at radius 3 is 2.89 bits per heavy atom. The largest absolute Gasteiger partial charge is 0.337 e. The topological polar surface area (TPSA) is 64.0 Å². The van der Waals surface area contributed by atoms with Gasteiger partial charge in [-0.2, -0.15) is 0 Å². The van der Waals surface area contributed by atoms with Crippen molar-refractivity contribution in [2.45, 2.75) is 17.9 Å². The molecule has 0 unspecified atom stereocenters. The van der Waals surface area contributed by atoms with E-state index in [9.17, 15) is 8.42 Å². The summed E-state index contributed by atoms with van der Waals surface area (Å²) in [6, 6.07) is 6.64. The number of hydrogen-bond donors (Lipinski definition) is 1. The molecule has 102 valence electrons. The quantitative estimate of drug-likeness (QED) is 0.816. The van der Waals surface area contributed by atoms with Crippen molar-refractivity contribution in [1.82, 2.24) is 14.3 Å². The van der Waals surface area contributed by atoms with Crippen LogP contribution in [0.25, 0.3) is 0 Å². The van der Waals surface area contributed by atoms with Gasteiger partial charge in [-0.3, -0.25) is 0 Å². The summed E-state index contributed by atoms with van der Waals surface area (Å²) in [5, 5.41) is 0. The van der Waals surface area contributed by atoms with Crippen LogP contribution < -0.4 is 4.72 Å². The lowest BCUT2D eigenvalue weighted by molar-refractivity contribution is 0.570. The van der Waals surface area contributed by atoms with E-state index in [0.29, 0.717) is 13.0 Å².